The van der Waals surface area contributed by atoms with Gasteiger partial charge >= 0.3 is 0 Å². The topological polar surface area (TPSA) is 3.24 Å². The zero-order valence-electron chi connectivity index (χ0n) is 15.5. The Bertz CT molecular complexity index is 879. The molecule has 0 saturated carbocycles. The summed E-state index contributed by atoms with van der Waals surface area (Å²) in [6, 6.07) is 11.5. The van der Waals surface area contributed by atoms with E-state index < -0.39 is 11.6 Å². The minimum absolute atomic E-state index is 0.00636. The number of halogens is 4. The monoisotopic (exact) mass is 407 g/mol. The lowest BCUT2D eigenvalue weighted by Crippen LogP contribution is -2.25. The van der Waals surface area contributed by atoms with Gasteiger partial charge < -0.3 is 4.90 Å². The van der Waals surface area contributed by atoms with Crippen molar-refractivity contribution in [1.82, 2.24) is 4.90 Å². The summed E-state index contributed by atoms with van der Waals surface area (Å²) < 4.78 is 29.3. The maximum Gasteiger partial charge on any atom is 0.136 e. The molecule has 0 spiro atoms. The Morgan fingerprint density at radius 3 is 2.07 bits per heavy atom. The Hall–Kier alpha value is -2.10. The van der Waals surface area contributed by atoms with Crippen LogP contribution >= 0.6 is 23.2 Å². The van der Waals surface area contributed by atoms with Crippen molar-refractivity contribution < 1.29 is 8.78 Å². The third-order valence-electron chi connectivity index (χ3n) is 4.04. The van der Waals surface area contributed by atoms with Crippen LogP contribution in [0.4, 0.5) is 8.78 Å². The van der Waals surface area contributed by atoms with E-state index in [1.807, 2.05) is 51.1 Å². The van der Waals surface area contributed by atoms with E-state index in [0.29, 0.717) is 28.5 Å². The van der Waals surface area contributed by atoms with Gasteiger partial charge in [-0.2, -0.15) is 0 Å². The van der Waals surface area contributed by atoms with Crippen molar-refractivity contribution in [2.75, 3.05) is 6.54 Å². The Morgan fingerprint density at radius 1 is 1.00 bits per heavy atom. The van der Waals surface area contributed by atoms with Gasteiger partial charge in [0.05, 0.1) is 22.0 Å². The van der Waals surface area contributed by atoms with Gasteiger partial charge in [-0.1, -0.05) is 74.0 Å². The number of allylic oxidation sites excluding steroid dienone is 3. The zero-order valence-corrected chi connectivity index (χ0v) is 17.0. The lowest BCUT2D eigenvalue weighted by Gasteiger charge is -2.33. The van der Waals surface area contributed by atoms with Gasteiger partial charge in [-0.3, -0.25) is 0 Å². The summed E-state index contributed by atoms with van der Waals surface area (Å²) in [6.07, 6.45) is 1.69. The van der Waals surface area contributed by atoms with E-state index in [1.54, 1.807) is 11.0 Å². The summed E-state index contributed by atoms with van der Waals surface area (Å²) in [4.78, 5) is 1.71. The van der Waals surface area contributed by atoms with Crippen molar-refractivity contribution in [3.05, 3.63) is 93.6 Å². The van der Waals surface area contributed by atoms with Crippen LogP contribution in [0.5, 0.6) is 0 Å². The van der Waals surface area contributed by atoms with Crippen LogP contribution in [-0.4, -0.2) is 11.4 Å². The van der Waals surface area contributed by atoms with Gasteiger partial charge in [-0.15, -0.1) is 0 Å². The van der Waals surface area contributed by atoms with Crippen LogP contribution in [0.3, 0.4) is 0 Å². The van der Waals surface area contributed by atoms with Crippen molar-refractivity contribution in [1.29, 1.82) is 0 Å². The first-order valence-corrected chi connectivity index (χ1v) is 9.48. The fourth-order valence-electron chi connectivity index (χ4n) is 2.91. The first-order valence-electron chi connectivity index (χ1n) is 8.72. The predicted molar refractivity (Wildman–Crippen MR) is 111 cm³/mol. The molecule has 3 rings (SSSR count). The zero-order chi connectivity index (χ0) is 20.1. The summed E-state index contributed by atoms with van der Waals surface area (Å²) in [5.41, 5.74) is 2.16. The number of rotatable bonds is 3. The third-order valence-corrected chi connectivity index (χ3v) is 4.59. The number of hydrogen-bond donors (Lipinski definition) is 0. The van der Waals surface area contributed by atoms with Gasteiger partial charge in [0, 0.05) is 17.1 Å². The third kappa shape index (κ3) is 4.26. The molecule has 1 aliphatic heterocycles. The second-order valence-corrected chi connectivity index (χ2v) is 6.40. The average molecular weight is 408 g/mol. The molecule has 0 saturated heterocycles. The van der Waals surface area contributed by atoms with Gasteiger partial charge in [0.25, 0.3) is 0 Å². The molecular formula is C22H21Cl2F2N. The smallest absolute Gasteiger partial charge is 0.136 e. The van der Waals surface area contributed by atoms with Gasteiger partial charge in [0.15, 0.2) is 0 Å². The molecule has 27 heavy (non-hydrogen) atoms. The molecular weight excluding hydrogens is 387 g/mol. The first-order chi connectivity index (χ1) is 12.9. The van der Waals surface area contributed by atoms with Gasteiger partial charge in [0.2, 0.25) is 0 Å². The summed E-state index contributed by atoms with van der Waals surface area (Å²) in [5, 5.41) is 0.436. The second-order valence-electron chi connectivity index (χ2n) is 5.56. The fourth-order valence-corrected chi connectivity index (χ4v) is 3.32. The van der Waals surface area contributed by atoms with E-state index in [9.17, 15) is 8.78 Å². The van der Waals surface area contributed by atoms with Crippen molar-refractivity contribution in [2.45, 2.75) is 20.8 Å². The van der Waals surface area contributed by atoms with Gasteiger partial charge in [-0.25, -0.2) is 8.78 Å². The minimum atomic E-state index is -0.730. The lowest BCUT2D eigenvalue weighted by atomic mass is 9.94. The van der Waals surface area contributed by atoms with Gasteiger partial charge in [0.1, 0.15) is 11.6 Å². The molecule has 2 aromatic carbocycles. The predicted octanol–water partition coefficient (Wildman–Crippen LogP) is 7.48. The van der Waals surface area contributed by atoms with Crippen LogP contribution in [0.15, 0.2) is 65.8 Å². The highest BCUT2D eigenvalue weighted by Gasteiger charge is 2.29. The van der Waals surface area contributed by atoms with Crippen LogP contribution in [0.2, 0.25) is 5.02 Å². The normalized spacial score (nSPS) is 14.0. The molecule has 0 fully saturated rings. The Balaban J connectivity index is 0.00000126. The minimum Gasteiger partial charge on any atom is -0.340 e. The molecule has 0 radical (unpaired) electrons. The molecule has 0 amide bonds. The highest BCUT2D eigenvalue weighted by atomic mass is 35.5. The molecule has 0 N–H and O–H groups in total. The molecule has 142 valence electrons. The summed E-state index contributed by atoms with van der Waals surface area (Å²) in [7, 11) is 0. The van der Waals surface area contributed by atoms with E-state index in [2.05, 4.69) is 6.58 Å². The van der Waals surface area contributed by atoms with Crippen molar-refractivity contribution in [3.63, 3.8) is 0 Å². The van der Waals surface area contributed by atoms with Crippen LogP contribution < -0.4 is 0 Å². The first kappa shape index (κ1) is 21.2. The number of nitrogens with zero attached hydrogens (tertiary/aromatic N) is 1. The molecule has 0 bridgehead atoms. The molecule has 5 heteroatoms. The number of likely N-dealkylation sites (N-methyl/N-ethyl adjacent to an activating group) is 1. The van der Waals surface area contributed by atoms with Crippen molar-refractivity contribution in [2.24, 2.45) is 0 Å². The Labute approximate surface area is 169 Å². The molecule has 1 heterocycles. The van der Waals surface area contributed by atoms with E-state index in [0.717, 1.165) is 17.7 Å². The van der Waals surface area contributed by atoms with E-state index in [-0.39, 0.29) is 10.6 Å². The maximum absolute atomic E-state index is 14.7. The molecule has 0 atom stereocenters. The molecule has 0 aromatic heterocycles. The van der Waals surface area contributed by atoms with Crippen LogP contribution in [0, 0.1) is 11.6 Å². The van der Waals surface area contributed by atoms with E-state index in [4.69, 9.17) is 23.2 Å². The molecule has 0 unspecified atom stereocenters. The molecule has 1 nitrogen and oxygen atoms in total. The van der Waals surface area contributed by atoms with E-state index in [1.165, 1.54) is 0 Å². The van der Waals surface area contributed by atoms with Gasteiger partial charge in [-0.05, 0) is 30.7 Å². The summed E-state index contributed by atoms with van der Waals surface area (Å²) >= 11 is 12.1. The Morgan fingerprint density at radius 2 is 1.56 bits per heavy atom. The van der Waals surface area contributed by atoms with Crippen LogP contribution in [-0.2, 0) is 0 Å². The number of hydrogen-bond acceptors (Lipinski definition) is 1. The van der Waals surface area contributed by atoms with Crippen LogP contribution in [0.25, 0.3) is 11.3 Å². The molecule has 2 aromatic rings. The summed E-state index contributed by atoms with van der Waals surface area (Å²) in [6.45, 7) is 10.3. The quantitative estimate of drug-likeness (QED) is 0.509. The molecule has 0 aliphatic carbocycles. The van der Waals surface area contributed by atoms with Crippen molar-refractivity contribution >= 4 is 34.5 Å². The summed E-state index contributed by atoms with van der Waals surface area (Å²) in [5.74, 6) is -1.46. The fraction of sp³-hybridized carbons (Fsp3) is 0.182. The average Bonchev–Trinajstić information content (AvgIpc) is 2.66. The highest BCUT2D eigenvalue weighted by Crippen LogP contribution is 2.42. The van der Waals surface area contributed by atoms with E-state index >= 15 is 0 Å². The van der Waals surface area contributed by atoms with Crippen LogP contribution in [0.1, 0.15) is 31.9 Å². The standard InChI is InChI=1S/C20H15Cl2F2N.C2H6/c1-3-25-12(2)16(22)11-15(13-7-5-4-6-8-13)20(25)19-17(23)9-14(21)10-18(19)24;1-2/h4-11H,2-3H2,1H3;1-2H3. The lowest BCUT2D eigenvalue weighted by molar-refractivity contribution is 0.509. The molecule has 1 aliphatic rings. The number of benzene rings is 2. The van der Waals surface area contributed by atoms with Crippen molar-refractivity contribution in [3.8, 4) is 0 Å². The maximum atomic E-state index is 14.7. The largest absolute Gasteiger partial charge is 0.340 e. The highest BCUT2D eigenvalue weighted by molar-refractivity contribution is 6.33. The second kappa shape index (κ2) is 9.20. The Kier molecular flexibility index (Phi) is 7.23. The SMILES string of the molecule is C=C1C(Cl)=CC(c2ccccc2)=C(c2c(F)cc(Cl)cc2F)N1CC.CC.